The molecule has 0 aliphatic heterocycles. The van der Waals surface area contributed by atoms with E-state index in [1.807, 2.05) is 17.4 Å². The minimum atomic E-state index is 0.176. The van der Waals surface area contributed by atoms with Crippen LogP contribution in [-0.4, -0.2) is 0 Å². The number of thiophene rings is 2. The Bertz CT molecular complexity index is 478. The highest BCUT2D eigenvalue weighted by atomic mass is 35.5. The van der Waals surface area contributed by atoms with Crippen molar-refractivity contribution in [3.05, 3.63) is 43.2 Å². The second-order valence-corrected chi connectivity index (χ2v) is 6.79. The maximum Gasteiger partial charge on any atom is 0.0931 e. The van der Waals surface area contributed by atoms with Crippen LogP contribution in [0.5, 0.6) is 0 Å². The largest absolute Gasteiger partial charge is 0.271 e. The lowest BCUT2D eigenvalue weighted by Gasteiger charge is -2.12. The number of hydrazine groups is 1. The summed E-state index contributed by atoms with van der Waals surface area (Å²) in [5, 5.41) is 0. The molecule has 2 nitrogen and oxygen atoms in total. The fourth-order valence-corrected chi connectivity index (χ4v) is 3.82. The molecule has 0 amide bonds. The Labute approximate surface area is 114 Å². The molecular weight excluding hydrogens is 272 g/mol. The van der Waals surface area contributed by atoms with Crippen LogP contribution in [-0.2, 0) is 12.8 Å². The molecule has 0 aliphatic carbocycles. The lowest BCUT2D eigenvalue weighted by molar-refractivity contribution is 0.564. The Hall–Kier alpha value is -0.390. The van der Waals surface area contributed by atoms with E-state index in [4.69, 9.17) is 17.4 Å². The minimum absolute atomic E-state index is 0.176. The highest BCUT2D eigenvalue weighted by molar-refractivity contribution is 7.16. The SMILES string of the molecule is CCc1ccc(C(Cc2ccc(Cl)s2)NN)s1. The predicted molar refractivity (Wildman–Crippen MR) is 76.8 cm³/mol. The van der Waals surface area contributed by atoms with Gasteiger partial charge in [-0.1, -0.05) is 18.5 Å². The number of nitrogens with two attached hydrogens (primary N) is 1. The molecule has 2 heterocycles. The van der Waals surface area contributed by atoms with Crippen LogP contribution in [0.25, 0.3) is 0 Å². The van der Waals surface area contributed by atoms with Crippen molar-refractivity contribution in [2.24, 2.45) is 5.84 Å². The van der Waals surface area contributed by atoms with Gasteiger partial charge in [0.25, 0.3) is 0 Å². The molecule has 0 saturated heterocycles. The lowest BCUT2D eigenvalue weighted by atomic mass is 10.1. The van der Waals surface area contributed by atoms with Crippen molar-refractivity contribution in [1.29, 1.82) is 0 Å². The van der Waals surface area contributed by atoms with Gasteiger partial charge >= 0.3 is 0 Å². The molecule has 0 fully saturated rings. The summed E-state index contributed by atoms with van der Waals surface area (Å²) in [7, 11) is 0. The molecule has 1 unspecified atom stereocenters. The normalized spacial score (nSPS) is 12.9. The van der Waals surface area contributed by atoms with Gasteiger partial charge in [-0.05, 0) is 30.7 Å². The summed E-state index contributed by atoms with van der Waals surface area (Å²) in [4.78, 5) is 3.93. The smallest absolute Gasteiger partial charge is 0.0931 e. The molecule has 0 spiro atoms. The zero-order chi connectivity index (χ0) is 12.3. The molecule has 2 aromatic rings. The van der Waals surface area contributed by atoms with Crippen molar-refractivity contribution in [3.63, 3.8) is 0 Å². The van der Waals surface area contributed by atoms with E-state index in [-0.39, 0.29) is 6.04 Å². The molecule has 0 radical (unpaired) electrons. The summed E-state index contributed by atoms with van der Waals surface area (Å²) in [6.07, 6.45) is 1.96. The maximum atomic E-state index is 5.93. The fraction of sp³-hybridized carbons (Fsp3) is 0.333. The highest BCUT2D eigenvalue weighted by Gasteiger charge is 2.14. The molecule has 0 bridgehead atoms. The van der Waals surface area contributed by atoms with Crippen LogP contribution in [0.3, 0.4) is 0 Å². The molecule has 0 aliphatic rings. The zero-order valence-electron chi connectivity index (χ0n) is 9.57. The second kappa shape index (κ2) is 5.98. The monoisotopic (exact) mass is 286 g/mol. The van der Waals surface area contributed by atoms with Crippen LogP contribution in [0.1, 0.15) is 27.6 Å². The van der Waals surface area contributed by atoms with Crippen LogP contribution in [0.4, 0.5) is 0 Å². The molecule has 2 rings (SSSR count). The molecule has 17 heavy (non-hydrogen) atoms. The van der Waals surface area contributed by atoms with Gasteiger partial charge in [-0.25, -0.2) is 0 Å². The standard InChI is InChI=1S/C12H15ClN2S2/c1-2-8-3-5-11(16-8)10(15-14)7-9-4-6-12(13)17-9/h3-6,10,15H,2,7,14H2,1H3. The van der Waals surface area contributed by atoms with Crippen LogP contribution in [0, 0.1) is 0 Å². The summed E-state index contributed by atoms with van der Waals surface area (Å²) in [6.45, 7) is 2.17. The fourth-order valence-electron chi connectivity index (χ4n) is 1.68. The van der Waals surface area contributed by atoms with Crippen LogP contribution < -0.4 is 11.3 Å². The lowest BCUT2D eigenvalue weighted by Crippen LogP contribution is -2.28. The van der Waals surface area contributed by atoms with Gasteiger partial charge in [-0.3, -0.25) is 11.3 Å². The van der Waals surface area contributed by atoms with Crippen molar-refractivity contribution >= 4 is 34.3 Å². The third kappa shape index (κ3) is 3.30. The first-order valence-electron chi connectivity index (χ1n) is 5.52. The van der Waals surface area contributed by atoms with Crippen LogP contribution in [0.2, 0.25) is 4.34 Å². The van der Waals surface area contributed by atoms with E-state index in [0.717, 1.165) is 17.2 Å². The highest BCUT2D eigenvalue weighted by Crippen LogP contribution is 2.29. The summed E-state index contributed by atoms with van der Waals surface area (Å²) in [5.41, 5.74) is 2.89. The Morgan fingerprint density at radius 2 is 2.00 bits per heavy atom. The van der Waals surface area contributed by atoms with Crippen LogP contribution in [0.15, 0.2) is 24.3 Å². The van der Waals surface area contributed by atoms with Gasteiger partial charge in [-0.2, -0.15) is 0 Å². The van der Waals surface area contributed by atoms with Gasteiger partial charge in [0.15, 0.2) is 0 Å². The summed E-state index contributed by atoms with van der Waals surface area (Å²) in [5.74, 6) is 5.64. The summed E-state index contributed by atoms with van der Waals surface area (Å²) < 4.78 is 0.830. The van der Waals surface area contributed by atoms with E-state index >= 15 is 0 Å². The van der Waals surface area contributed by atoms with E-state index in [0.29, 0.717) is 0 Å². The summed E-state index contributed by atoms with van der Waals surface area (Å²) >= 11 is 9.36. The van der Waals surface area contributed by atoms with Gasteiger partial charge in [0.05, 0.1) is 10.4 Å². The van der Waals surface area contributed by atoms with Gasteiger partial charge in [0.2, 0.25) is 0 Å². The van der Waals surface area contributed by atoms with E-state index in [2.05, 4.69) is 30.5 Å². The Morgan fingerprint density at radius 1 is 1.24 bits per heavy atom. The van der Waals surface area contributed by atoms with E-state index < -0.39 is 0 Å². The Morgan fingerprint density at radius 3 is 2.53 bits per heavy atom. The van der Waals surface area contributed by atoms with Crippen molar-refractivity contribution in [1.82, 2.24) is 5.43 Å². The van der Waals surface area contributed by atoms with Crippen molar-refractivity contribution in [3.8, 4) is 0 Å². The third-order valence-corrected chi connectivity index (χ3v) is 5.21. The average molecular weight is 287 g/mol. The Kier molecular flexibility index (Phi) is 4.59. The molecule has 92 valence electrons. The van der Waals surface area contributed by atoms with Gasteiger partial charge < -0.3 is 0 Å². The van der Waals surface area contributed by atoms with E-state index in [9.17, 15) is 0 Å². The van der Waals surface area contributed by atoms with Crippen LogP contribution >= 0.6 is 34.3 Å². The maximum absolute atomic E-state index is 5.93. The first-order valence-corrected chi connectivity index (χ1v) is 7.53. The number of hydrogen-bond acceptors (Lipinski definition) is 4. The molecule has 5 heteroatoms. The van der Waals surface area contributed by atoms with Crippen molar-refractivity contribution < 1.29 is 0 Å². The second-order valence-electron chi connectivity index (χ2n) is 3.79. The third-order valence-electron chi connectivity index (χ3n) is 2.61. The van der Waals surface area contributed by atoms with E-state index in [1.165, 1.54) is 14.6 Å². The number of aryl methyl sites for hydroxylation is 1. The zero-order valence-corrected chi connectivity index (χ0v) is 12.0. The molecule has 0 saturated carbocycles. The summed E-state index contributed by atoms with van der Waals surface area (Å²) in [6, 6.07) is 8.50. The number of hydrogen-bond donors (Lipinski definition) is 2. The van der Waals surface area contributed by atoms with Crippen molar-refractivity contribution in [2.45, 2.75) is 25.8 Å². The Balaban J connectivity index is 2.10. The molecule has 1 atom stereocenters. The number of nitrogens with one attached hydrogen (secondary N) is 1. The van der Waals surface area contributed by atoms with E-state index in [1.54, 1.807) is 11.3 Å². The van der Waals surface area contributed by atoms with Gasteiger partial charge in [-0.15, -0.1) is 22.7 Å². The quantitative estimate of drug-likeness (QED) is 0.648. The average Bonchev–Trinajstić information content (AvgIpc) is 2.94. The molecule has 0 aromatic carbocycles. The van der Waals surface area contributed by atoms with Crippen molar-refractivity contribution in [2.75, 3.05) is 0 Å². The molecule has 3 N–H and O–H groups in total. The number of halogens is 1. The van der Waals surface area contributed by atoms with Gasteiger partial charge in [0.1, 0.15) is 0 Å². The number of rotatable bonds is 5. The molecular formula is C12H15ClN2S2. The molecule has 2 aromatic heterocycles. The van der Waals surface area contributed by atoms with Gasteiger partial charge in [0, 0.05) is 21.1 Å². The first-order chi connectivity index (χ1) is 8.22. The minimum Gasteiger partial charge on any atom is -0.271 e. The topological polar surface area (TPSA) is 38.0 Å². The first kappa shape index (κ1) is 13.1. The predicted octanol–water partition coefficient (Wildman–Crippen LogP) is 3.77.